The van der Waals surface area contributed by atoms with E-state index in [1.54, 1.807) is 0 Å². The number of alkyl halides is 3. The molecule has 1 unspecified atom stereocenters. The summed E-state index contributed by atoms with van der Waals surface area (Å²) in [6.45, 7) is 4.18. The van der Waals surface area contributed by atoms with Crippen molar-refractivity contribution < 1.29 is 18.0 Å². The van der Waals surface area contributed by atoms with Gasteiger partial charge < -0.3 is 5.32 Å². The number of halogens is 3. The molecule has 0 heterocycles. The summed E-state index contributed by atoms with van der Waals surface area (Å²) in [6.07, 6.45) is 4.48. The number of hydrogen-bond acceptors (Lipinski definition) is 1. The molecule has 0 bridgehead atoms. The fraction of sp³-hybridized carbons (Fsp3) is 0.941. The third kappa shape index (κ3) is 5.81. The predicted molar refractivity (Wildman–Crippen MR) is 82.6 cm³/mol. The van der Waals surface area contributed by atoms with Crippen LogP contribution in [0.25, 0.3) is 0 Å². The highest BCUT2D eigenvalue weighted by Gasteiger charge is 2.64. The van der Waals surface area contributed by atoms with Crippen molar-refractivity contribution in [2.45, 2.75) is 96.2 Å². The minimum Gasteiger partial charge on any atom is -0.342 e. The van der Waals surface area contributed by atoms with Crippen LogP contribution in [0.4, 0.5) is 13.2 Å². The van der Waals surface area contributed by atoms with Crippen molar-refractivity contribution in [3.63, 3.8) is 0 Å². The zero-order valence-electron chi connectivity index (χ0n) is 13.9. The first kappa shape index (κ1) is 19.3. The van der Waals surface area contributed by atoms with Crippen LogP contribution in [0.3, 0.4) is 0 Å². The average Bonchev–Trinajstić information content (AvgIpc) is 3.22. The maximum Gasteiger partial charge on any atom is 0.411 e. The van der Waals surface area contributed by atoms with Gasteiger partial charge in [0.15, 0.2) is 0 Å². The summed E-state index contributed by atoms with van der Waals surface area (Å²) in [5.41, 5.74) is -1.92. The van der Waals surface area contributed by atoms with E-state index in [2.05, 4.69) is 12.2 Å². The summed E-state index contributed by atoms with van der Waals surface area (Å²) in [5, 5.41) is 2.30. The van der Waals surface area contributed by atoms with Crippen LogP contribution in [-0.2, 0) is 4.79 Å². The molecular weight excluding hydrogens is 291 g/mol. The second-order valence-electron chi connectivity index (χ2n) is 6.61. The van der Waals surface area contributed by atoms with Crippen molar-refractivity contribution in [1.82, 2.24) is 5.32 Å². The van der Waals surface area contributed by atoms with E-state index in [4.69, 9.17) is 0 Å². The van der Waals surface area contributed by atoms with Gasteiger partial charge in [0, 0.05) is 5.92 Å². The van der Waals surface area contributed by atoms with E-state index in [1.165, 1.54) is 6.42 Å². The highest BCUT2D eigenvalue weighted by Crippen LogP contribution is 2.49. The fourth-order valence-electron chi connectivity index (χ4n) is 2.79. The second kappa shape index (κ2) is 8.78. The molecule has 1 aliphatic carbocycles. The first-order chi connectivity index (χ1) is 10.4. The summed E-state index contributed by atoms with van der Waals surface area (Å²) in [6, 6.07) is 0. The smallest absolute Gasteiger partial charge is 0.342 e. The van der Waals surface area contributed by atoms with E-state index in [0.29, 0.717) is 12.8 Å². The van der Waals surface area contributed by atoms with Gasteiger partial charge in [0.1, 0.15) is 5.54 Å². The molecule has 1 saturated carbocycles. The molecule has 1 fully saturated rings. The lowest BCUT2D eigenvalue weighted by Crippen LogP contribution is -2.49. The lowest BCUT2D eigenvalue weighted by Gasteiger charge is -2.24. The van der Waals surface area contributed by atoms with E-state index >= 15 is 0 Å². The monoisotopic (exact) mass is 321 g/mol. The van der Waals surface area contributed by atoms with Gasteiger partial charge >= 0.3 is 6.18 Å². The predicted octanol–water partition coefficient (Wildman–Crippen LogP) is 5.36. The van der Waals surface area contributed by atoms with Gasteiger partial charge in [-0.05, 0) is 25.7 Å². The third-order valence-electron chi connectivity index (χ3n) is 4.59. The molecule has 1 atom stereocenters. The maximum absolute atomic E-state index is 12.9. The molecule has 22 heavy (non-hydrogen) atoms. The first-order valence-electron chi connectivity index (χ1n) is 8.75. The lowest BCUT2D eigenvalue weighted by molar-refractivity contribution is -0.171. The molecule has 0 spiro atoms. The van der Waals surface area contributed by atoms with Crippen molar-refractivity contribution in [2.75, 3.05) is 0 Å². The van der Waals surface area contributed by atoms with Crippen LogP contribution in [0, 0.1) is 5.92 Å². The molecule has 130 valence electrons. The number of amides is 1. The van der Waals surface area contributed by atoms with Crippen LogP contribution in [0.5, 0.6) is 0 Å². The molecule has 0 aromatic carbocycles. The maximum atomic E-state index is 12.9. The van der Waals surface area contributed by atoms with Crippen molar-refractivity contribution in [1.29, 1.82) is 0 Å². The van der Waals surface area contributed by atoms with Gasteiger partial charge in [0.25, 0.3) is 0 Å². The summed E-state index contributed by atoms with van der Waals surface area (Å²) >= 11 is 0. The number of hydrogen-bond donors (Lipinski definition) is 1. The van der Waals surface area contributed by atoms with Gasteiger partial charge in [-0.25, -0.2) is 0 Å². The van der Waals surface area contributed by atoms with Crippen molar-refractivity contribution in [2.24, 2.45) is 5.92 Å². The Hall–Kier alpha value is -0.740. The Balaban J connectivity index is 2.46. The molecule has 5 heteroatoms. The van der Waals surface area contributed by atoms with Gasteiger partial charge in [0.2, 0.25) is 5.91 Å². The Morgan fingerprint density at radius 1 is 1.00 bits per heavy atom. The minimum atomic E-state index is -4.32. The topological polar surface area (TPSA) is 29.1 Å². The molecule has 2 nitrogen and oxygen atoms in total. The highest BCUT2D eigenvalue weighted by molar-refractivity contribution is 5.80. The number of carbonyl (C=O) groups excluding carboxylic acids is 1. The minimum absolute atomic E-state index is 0.0270. The number of rotatable bonds is 11. The van der Waals surface area contributed by atoms with Gasteiger partial charge in [-0.15, -0.1) is 0 Å². The quantitative estimate of drug-likeness (QED) is 0.510. The lowest BCUT2D eigenvalue weighted by atomic mass is 9.93. The van der Waals surface area contributed by atoms with Gasteiger partial charge in [0.05, 0.1) is 0 Å². The first-order valence-corrected chi connectivity index (χ1v) is 8.75. The van der Waals surface area contributed by atoms with Crippen LogP contribution < -0.4 is 5.32 Å². The van der Waals surface area contributed by atoms with Crippen LogP contribution in [0.2, 0.25) is 0 Å². The largest absolute Gasteiger partial charge is 0.411 e. The molecule has 0 aliphatic heterocycles. The van der Waals surface area contributed by atoms with E-state index < -0.39 is 17.6 Å². The Bertz CT molecular complexity index is 337. The second-order valence-corrected chi connectivity index (χ2v) is 6.61. The van der Waals surface area contributed by atoms with Gasteiger partial charge in [-0.3, -0.25) is 4.79 Å². The summed E-state index contributed by atoms with van der Waals surface area (Å²) in [7, 11) is 0. The number of carbonyl (C=O) groups is 1. The van der Waals surface area contributed by atoms with E-state index in [9.17, 15) is 18.0 Å². The zero-order chi connectivity index (χ0) is 16.6. The van der Waals surface area contributed by atoms with Crippen LogP contribution in [-0.4, -0.2) is 17.6 Å². The summed E-state index contributed by atoms with van der Waals surface area (Å²) in [4.78, 5) is 12.3. The van der Waals surface area contributed by atoms with E-state index in [0.717, 1.165) is 38.5 Å². The molecule has 0 aromatic heterocycles. The van der Waals surface area contributed by atoms with E-state index in [-0.39, 0.29) is 18.8 Å². The van der Waals surface area contributed by atoms with Gasteiger partial charge in [-0.2, -0.15) is 13.2 Å². The fourth-order valence-corrected chi connectivity index (χ4v) is 2.79. The Labute approximate surface area is 132 Å². The average molecular weight is 321 g/mol. The summed E-state index contributed by atoms with van der Waals surface area (Å²) < 4.78 is 38.8. The Kier molecular flexibility index (Phi) is 7.70. The molecule has 1 N–H and O–H groups in total. The molecule has 0 saturated heterocycles. The van der Waals surface area contributed by atoms with Gasteiger partial charge in [-0.1, -0.05) is 58.8 Å². The zero-order valence-corrected chi connectivity index (χ0v) is 13.9. The van der Waals surface area contributed by atoms with Crippen molar-refractivity contribution in [3.05, 3.63) is 0 Å². The van der Waals surface area contributed by atoms with Crippen molar-refractivity contribution in [3.8, 4) is 0 Å². The summed E-state index contributed by atoms with van der Waals surface area (Å²) in [5.74, 6) is -0.653. The SMILES string of the molecule is CCCCCCCC(CCCC)C(=O)NC1(C(F)(F)F)CC1. The number of nitrogens with one attached hydrogen (secondary N) is 1. The van der Waals surface area contributed by atoms with E-state index in [1.807, 2.05) is 6.92 Å². The highest BCUT2D eigenvalue weighted by atomic mass is 19.4. The molecule has 0 aromatic rings. The molecule has 1 rings (SSSR count). The third-order valence-corrected chi connectivity index (χ3v) is 4.59. The molecule has 1 amide bonds. The van der Waals surface area contributed by atoms with Crippen LogP contribution in [0.1, 0.15) is 84.5 Å². The normalized spacial score (nSPS) is 18.0. The van der Waals surface area contributed by atoms with Crippen LogP contribution in [0.15, 0.2) is 0 Å². The Morgan fingerprint density at radius 3 is 2.05 bits per heavy atom. The molecule has 1 aliphatic rings. The standard InChI is InChI=1S/C17H30F3NO/c1-3-5-7-8-9-11-14(10-6-4-2)15(22)21-16(12-13-16)17(18,19)20/h14H,3-13H2,1-2H3,(H,21,22). The number of unbranched alkanes of at least 4 members (excludes halogenated alkanes) is 5. The van der Waals surface area contributed by atoms with Crippen LogP contribution >= 0.6 is 0 Å². The Morgan fingerprint density at radius 2 is 1.55 bits per heavy atom. The molecule has 0 radical (unpaired) electrons. The van der Waals surface area contributed by atoms with Crippen molar-refractivity contribution >= 4 is 5.91 Å². The molecular formula is C17H30F3NO.